The van der Waals surface area contributed by atoms with Crippen LogP contribution in [0.5, 0.6) is 0 Å². The van der Waals surface area contributed by atoms with Crippen molar-refractivity contribution in [3.63, 3.8) is 0 Å². The van der Waals surface area contributed by atoms with E-state index in [0.29, 0.717) is 3.63 Å². The van der Waals surface area contributed by atoms with E-state index in [4.69, 9.17) is 0 Å². The number of hydrogen-bond donors (Lipinski definition) is 0. The predicted molar refractivity (Wildman–Crippen MR) is 136 cm³/mol. The van der Waals surface area contributed by atoms with E-state index in [9.17, 15) is 0 Å². The molecule has 0 bridgehead atoms. The van der Waals surface area contributed by atoms with Crippen LogP contribution < -0.4 is 38.5 Å². The number of fused-ring (bicyclic) bond motifs is 4. The maximum atomic E-state index is 2.55. The van der Waals surface area contributed by atoms with E-state index in [0.717, 1.165) is 0 Å². The molecule has 2 unspecified atom stereocenters. The summed E-state index contributed by atoms with van der Waals surface area (Å²) in [6, 6.07) is 30.2. The summed E-state index contributed by atoms with van der Waals surface area (Å²) >= 11 is -1.87. The van der Waals surface area contributed by atoms with E-state index < -0.39 is 26.8 Å². The minimum atomic E-state index is -1.87. The average Bonchev–Trinajstić information content (AvgIpc) is 3.29. The monoisotopic (exact) mass is 573 g/mol. The summed E-state index contributed by atoms with van der Waals surface area (Å²) in [6.45, 7) is 7.05. The van der Waals surface area contributed by atoms with E-state index >= 15 is 0 Å². The van der Waals surface area contributed by atoms with Crippen molar-refractivity contribution in [3.8, 4) is 22.3 Å². The summed E-state index contributed by atoms with van der Waals surface area (Å²) in [5.74, 6) is -1.01. The molecule has 4 aromatic rings. The van der Waals surface area contributed by atoms with Crippen LogP contribution in [-0.2, 0) is 20.9 Å². The molecule has 4 aromatic carbocycles. The first-order chi connectivity index (χ1) is 15.6. The number of halogens is 2. The second kappa shape index (κ2) is 8.75. The van der Waals surface area contributed by atoms with Gasteiger partial charge in [0.1, 0.15) is 0 Å². The van der Waals surface area contributed by atoms with Gasteiger partial charge >= 0.3 is 200 Å². The van der Waals surface area contributed by atoms with E-state index in [1.165, 1.54) is 27.8 Å². The van der Waals surface area contributed by atoms with Crippen LogP contribution in [0.2, 0.25) is 0 Å². The molecule has 2 aliphatic heterocycles. The van der Waals surface area contributed by atoms with Gasteiger partial charge in [-0.25, -0.2) is 0 Å². The average molecular weight is 576 g/mol. The van der Waals surface area contributed by atoms with Crippen LogP contribution in [0, 0.1) is 13.8 Å². The largest absolute Gasteiger partial charge is 1.00 e. The first kappa shape index (κ1) is 24.0. The van der Waals surface area contributed by atoms with Crippen molar-refractivity contribution < 1.29 is 45.7 Å². The third-order valence-electron chi connectivity index (χ3n) is 8.01. The molecular formula is C30H25Cl2SiZr. The van der Waals surface area contributed by atoms with Gasteiger partial charge in [-0.3, -0.25) is 0 Å². The Morgan fingerprint density at radius 2 is 1.47 bits per heavy atom. The molecule has 1 aliphatic carbocycles. The van der Waals surface area contributed by atoms with Crippen LogP contribution in [0.25, 0.3) is 28.3 Å². The molecule has 0 saturated carbocycles. The maximum Gasteiger partial charge on any atom is -1.00 e. The van der Waals surface area contributed by atoms with Crippen molar-refractivity contribution in [1.29, 1.82) is 0 Å². The van der Waals surface area contributed by atoms with Crippen molar-refractivity contribution in [3.05, 3.63) is 107 Å². The Bertz CT molecular complexity index is 1480. The van der Waals surface area contributed by atoms with Crippen molar-refractivity contribution in [1.82, 2.24) is 0 Å². The molecule has 0 saturated heterocycles. The molecule has 0 spiro atoms. The quantitative estimate of drug-likeness (QED) is 0.275. The first-order valence-electron chi connectivity index (χ1n) is 11.6. The molecule has 4 heteroatoms. The summed E-state index contributed by atoms with van der Waals surface area (Å²) in [6.07, 6.45) is 2.55. The Hall–Kier alpha value is -1.70. The van der Waals surface area contributed by atoms with Gasteiger partial charge in [0.15, 0.2) is 0 Å². The summed E-state index contributed by atoms with van der Waals surface area (Å²) in [7, 11) is 0. The third kappa shape index (κ3) is 3.12. The minimum Gasteiger partial charge on any atom is -1.00 e. The predicted octanol–water partition coefficient (Wildman–Crippen LogP) is -0.788. The van der Waals surface area contributed by atoms with Gasteiger partial charge in [-0.05, 0) is 0 Å². The first-order valence-corrected chi connectivity index (χ1v) is 20.3. The number of rotatable bonds is 2. The molecule has 0 fully saturated rings. The Balaban J connectivity index is 0.00000120. The van der Waals surface area contributed by atoms with E-state index in [1.807, 2.05) is 8.46 Å². The zero-order valence-corrected chi connectivity index (χ0v) is 24.6. The SMILES string of the molecule is CC1=Cc2c(cc(C)c(C)c2-c2ccccc2)[CH]1[Zr+2]1[c]2cccc3c2[SiH]1c1ccccc1-3.[Cl-].[Cl-]. The molecule has 0 amide bonds. The van der Waals surface area contributed by atoms with E-state index in [-0.39, 0.29) is 24.8 Å². The van der Waals surface area contributed by atoms with Gasteiger partial charge in [0, 0.05) is 0 Å². The molecular weight excluding hydrogens is 551 g/mol. The van der Waals surface area contributed by atoms with E-state index in [1.54, 1.807) is 27.5 Å². The standard InChI is InChI=1S/C18H17.C12H8Si.2ClH.Zr/c1-12-9-16-11-13(2)14(3)18(17(16)10-12)15-7-5-4-6-8-15;1-3-7-11-9(5-1)10-6-2-4-8-12(10)13-11;;;/h4-11H,1-3H3;1-7,13H;2*1H;/q;;;;+2/p-2. The topological polar surface area (TPSA) is 0 Å². The van der Waals surface area contributed by atoms with Gasteiger partial charge in [0.2, 0.25) is 0 Å². The molecule has 0 aromatic heterocycles. The molecule has 0 N–H and O–H groups in total. The Morgan fingerprint density at radius 1 is 0.765 bits per heavy atom. The smallest absolute Gasteiger partial charge is 1.00 e. The summed E-state index contributed by atoms with van der Waals surface area (Å²) in [5.41, 5.74) is 13.6. The Kier molecular flexibility index (Phi) is 6.18. The van der Waals surface area contributed by atoms with E-state index in [2.05, 4.69) is 106 Å². The fourth-order valence-electron chi connectivity index (χ4n) is 6.54. The van der Waals surface area contributed by atoms with Gasteiger partial charge in [-0.2, -0.15) is 0 Å². The van der Waals surface area contributed by atoms with Gasteiger partial charge in [-0.1, -0.05) is 0 Å². The maximum absolute atomic E-state index is 2.55. The van der Waals surface area contributed by atoms with Crippen LogP contribution in [-0.4, -0.2) is 5.92 Å². The molecule has 2 heterocycles. The molecule has 167 valence electrons. The fourth-order valence-corrected chi connectivity index (χ4v) is 32.9. The molecule has 7 rings (SSSR count). The van der Waals surface area contributed by atoms with Crippen molar-refractivity contribution in [2.75, 3.05) is 0 Å². The van der Waals surface area contributed by atoms with Crippen LogP contribution in [0.4, 0.5) is 0 Å². The van der Waals surface area contributed by atoms with Crippen LogP contribution >= 0.6 is 0 Å². The molecule has 34 heavy (non-hydrogen) atoms. The Morgan fingerprint density at radius 3 is 2.26 bits per heavy atom. The Labute approximate surface area is 223 Å². The summed E-state index contributed by atoms with van der Waals surface area (Å²) in [4.78, 5) is 0. The van der Waals surface area contributed by atoms with Gasteiger partial charge in [-0.15, -0.1) is 0 Å². The molecule has 0 nitrogen and oxygen atoms in total. The second-order valence-electron chi connectivity index (χ2n) is 9.63. The second-order valence-corrected chi connectivity index (χ2v) is 24.6. The summed E-state index contributed by atoms with van der Waals surface area (Å²) in [5, 5.41) is 3.57. The molecule has 2 atom stereocenters. The molecule has 0 radical (unpaired) electrons. The van der Waals surface area contributed by atoms with Crippen molar-refractivity contribution in [2.45, 2.75) is 24.4 Å². The summed E-state index contributed by atoms with van der Waals surface area (Å²) < 4.78 is 2.53. The zero-order valence-electron chi connectivity index (χ0n) is 19.5. The zero-order chi connectivity index (χ0) is 21.6. The molecule has 3 aliphatic rings. The van der Waals surface area contributed by atoms with Gasteiger partial charge < -0.3 is 24.8 Å². The third-order valence-corrected chi connectivity index (χ3v) is 30.5. The number of benzene rings is 4. The van der Waals surface area contributed by atoms with Gasteiger partial charge in [0.25, 0.3) is 0 Å². The van der Waals surface area contributed by atoms with Crippen LogP contribution in [0.1, 0.15) is 32.8 Å². The number of aryl methyl sites for hydroxylation is 1. The normalized spacial score (nSPS) is 18.1. The number of hydrogen-bond acceptors (Lipinski definition) is 0. The van der Waals surface area contributed by atoms with Crippen LogP contribution in [0.15, 0.2) is 84.4 Å². The minimum absolute atomic E-state index is 0. The van der Waals surface area contributed by atoms with Crippen LogP contribution in [0.3, 0.4) is 0 Å². The van der Waals surface area contributed by atoms with Crippen molar-refractivity contribution >= 4 is 25.6 Å². The van der Waals surface area contributed by atoms with Crippen molar-refractivity contribution in [2.24, 2.45) is 0 Å². The fraction of sp³-hybridized carbons (Fsp3) is 0.133. The van der Waals surface area contributed by atoms with Gasteiger partial charge in [0.05, 0.1) is 0 Å². The number of allylic oxidation sites excluding steroid dienone is 1.